The van der Waals surface area contributed by atoms with Crippen LogP contribution in [-0.4, -0.2) is 37.9 Å². The zero-order valence-electron chi connectivity index (χ0n) is 8.49. The van der Waals surface area contributed by atoms with E-state index >= 15 is 0 Å². The lowest BCUT2D eigenvalue weighted by atomic mass is 9.98. The van der Waals surface area contributed by atoms with Gasteiger partial charge < -0.3 is 10.2 Å². The number of hydrogen-bond donors (Lipinski definition) is 2. The van der Waals surface area contributed by atoms with Crippen LogP contribution in [0.1, 0.15) is 26.7 Å². The van der Waals surface area contributed by atoms with Gasteiger partial charge in [-0.2, -0.15) is 0 Å². The van der Waals surface area contributed by atoms with Gasteiger partial charge in [0.1, 0.15) is 9.85 Å². The Bertz CT molecular complexity index is 242. The molecule has 0 aliphatic carbocycles. The Balaban J connectivity index is 4.94. The zero-order valence-corrected chi connectivity index (χ0v) is 8.49. The summed E-state index contributed by atoms with van der Waals surface area (Å²) in [5, 5.41) is 39.7. The lowest BCUT2D eigenvalue weighted by Gasteiger charge is -2.22. The molecule has 0 saturated carbocycles. The standard InChI is InChI=1S/C7H14N2O6/c1-3-4-5(10)6(11)7(2,8(12)13)9(14)15/h5-6,10-11H,3-4H2,1-2H3. The van der Waals surface area contributed by atoms with Crippen LogP contribution < -0.4 is 0 Å². The summed E-state index contributed by atoms with van der Waals surface area (Å²) in [7, 11) is 0. The van der Waals surface area contributed by atoms with Crippen molar-refractivity contribution in [1.82, 2.24) is 0 Å². The smallest absolute Gasteiger partial charge is 0.390 e. The Morgan fingerprint density at radius 3 is 1.93 bits per heavy atom. The van der Waals surface area contributed by atoms with Gasteiger partial charge in [-0.05, 0) is 6.42 Å². The topological polar surface area (TPSA) is 127 Å². The Hall–Kier alpha value is -1.28. The van der Waals surface area contributed by atoms with E-state index in [0.717, 1.165) is 0 Å². The number of aliphatic hydroxyl groups is 2. The molecule has 0 aliphatic rings. The maximum atomic E-state index is 10.5. The average Bonchev–Trinajstić information content (AvgIpc) is 2.15. The average molecular weight is 222 g/mol. The molecule has 0 aliphatic heterocycles. The van der Waals surface area contributed by atoms with Gasteiger partial charge in [0, 0.05) is 0 Å². The minimum Gasteiger partial charge on any atom is -0.390 e. The van der Waals surface area contributed by atoms with Gasteiger partial charge in [-0.3, -0.25) is 20.2 Å². The molecule has 88 valence electrons. The fourth-order valence-corrected chi connectivity index (χ4v) is 1.10. The van der Waals surface area contributed by atoms with Crippen LogP contribution >= 0.6 is 0 Å². The third-order valence-corrected chi connectivity index (χ3v) is 2.25. The van der Waals surface area contributed by atoms with Gasteiger partial charge in [-0.25, -0.2) is 0 Å². The summed E-state index contributed by atoms with van der Waals surface area (Å²) in [5.41, 5.74) is -2.77. The molecule has 0 rings (SSSR count). The second-order valence-electron chi connectivity index (χ2n) is 3.41. The summed E-state index contributed by atoms with van der Waals surface area (Å²) in [5.74, 6) is 0. The van der Waals surface area contributed by atoms with E-state index in [1.807, 2.05) is 0 Å². The number of rotatable bonds is 6. The Morgan fingerprint density at radius 1 is 1.27 bits per heavy atom. The van der Waals surface area contributed by atoms with E-state index in [-0.39, 0.29) is 6.42 Å². The fraction of sp³-hybridized carbons (Fsp3) is 1.00. The van der Waals surface area contributed by atoms with Crippen LogP contribution in [0.4, 0.5) is 0 Å². The van der Waals surface area contributed by atoms with Crippen molar-refractivity contribution in [1.29, 1.82) is 0 Å². The highest BCUT2D eigenvalue weighted by molar-refractivity contribution is 4.78. The minimum atomic E-state index is -2.77. The molecule has 0 fully saturated rings. The van der Waals surface area contributed by atoms with Crippen LogP contribution in [-0.2, 0) is 0 Å². The molecule has 2 unspecified atom stereocenters. The van der Waals surface area contributed by atoms with Crippen molar-refractivity contribution in [3.05, 3.63) is 20.2 Å². The highest BCUT2D eigenvalue weighted by Gasteiger charge is 2.60. The quantitative estimate of drug-likeness (QED) is 0.363. The highest BCUT2D eigenvalue weighted by Crippen LogP contribution is 2.20. The summed E-state index contributed by atoms with van der Waals surface area (Å²) in [4.78, 5) is 18.6. The van der Waals surface area contributed by atoms with Crippen LogP contribution in [0.5, 0.6) is 0 Å². The number of hydrogen-bond acceptors (Lipinski definition) is 6. The molecule has 0 bridgehead atoms. The van der Waals surface area contributed by atoms with Gasteiger partial charge in [-0.1, -0.05) is 13.3 Å². The molecular formula is C7H14N2O6. The molecule has 2 atom stereocenters. The first-order chi connectivity index (χ1) is 6.78. The van der Waals surface area contributed by atoms with Gasteiger partial charge in [0.2, 0.25) is 6.10 Å². The molecule has 0 aromatic heterocycles. The van der Waals surface area contributed by atoms with Crippen molar-refractivity contribution in [2.45, 2.75) is 44.6 Å². The van der Waals surface area contributed by atoms with E-state index in [1.54, 1.807) is 6.92 Å². The monoisotopic (exact) mass is 222 g/mol. The Labute approximate surface area is 85.8 Å². The minimum absolute atomic E-state index is 0.0679. The van der Waals surface area contributed by atoms with Crippen molar-refractivity contribution in [3.63, 3.8) is 0 Å². The Morgan fingerprint density at radius 2 is 1.67 bits per heavy atom. The summed E-state index contributed by atoms with van der Waals surface area (Å²) in [6, 6.07) is 0. The van der Waals surface area contributed by atoms with Crippen LogP contribution in [0.2, 0.25) is 0 Å². The van der Waals surface area contributed by atoms with Gasteiger partial charge in [-0.15, -0.1) is 0 Å². The van der Waals surface area contributed by atoms with E-state index in [4.69, 9.17) is 0 Å². The molecule has 0 spiro atoms. The van der Waals surface area contributed by atoms with E-state index < -0.39 is 27.7 Å². The van der Waals surface area contributed by atoms with Crippen LogP contribution in [0.15, 0.2) is 0 Å². The van der Waals surface area contributed by atoms with Gasteiger partial charge in [0.05, 0.1) is 13.0 Å². The van der Waals surface area contributed by atoms with Gasteiger partial charge >= 0.3 is 5.66 Å². The molecule has 0 radical (unpaired) electrons. The highest BCUT2D eigenvalue weighted by atomic mass is 16.7. The molecule has 8 nitrogen and oxygen atoms in total. The van der Waals surface area contributed by atoms with Crippen molar-refractivity contribution in [3.8, 4) is 0 Å². The first-order valence-electron chi connectivity index (χ1n) is 4.43. The first-order valence-corrected chi connectivity index (χ1v) is 4.43. The predicted molar refractivity (Wildman–Crippen MR) is 49.3 cm³/mol. The van der Waals surface area contributed by atoms with Crippen molar-refractivity contribution in [2.75, 3.05) is 0 Å². The van der Waals surface area contributed by atoms with E-state index in [1.165, 1.54) is 0 Å². The first kappa shape index (κ1) is 13.7. The zero-order chi connectivity index (χ0) is 12.2. The summed E-state index contributed by atoms with van der Waals surface area (Å²) >= 11 is 0. The normalized spacial score (nSPS) is 15.7. The third kappa shape index (κ3) is 2.60. The predicted octanol–water partition coefficient (Wildman–Crippen LogP) is -0.222. The molecule has 0 aromatic carbocycles. The molecule has 0 heterocycles. The molecular weight excluding hydrogens is 208 g/mol. The van der Waals surface area contributed by atoms with Crippen LogP contribution in [0, 0.1) is 20.2 Å². The SMILES string of the molecule is CCCC(O)C(O)C(C)([N+](=O)[O-])[N+](=O)[O-]. The largest absolute Gasteiger partial charge is 0.483 e. The number of nitrogens with zero attached hydrogens (tertiary/aromatic N) is 2. The van der Waals surface area contributed by atoms with E-state index in [2.05, 4.69) is 0 Å². The van der Waals surface area contributed by atoms with Crippen molar-refractivity contribution < 1.29 is 20.1 Å². The third-order valence-electron chi connectivity index (χ3n) is 2.25. The van der Waals surface area contributed by atoms with E-state index in [9.17, 15) is 30.4 Å². The number of nitro groups is 2. The molecule has 15 heavy (non-hydrogen) atoms. The van der Waals surface area contributed by atoms with Crippen LogP contribution in [0.25, 0.3) is 0 Å². The molecule has 0 aromatic rings. The second-order valence-corrected chi connectivity index (χ2v) is 3.41. The summed E-state index contributed by atoms with van der Waals surface area (Å²) in [6.07, 6.45) is -2.97. The summed E-state index contributed by atoms with van der Waals surface area (Å²) < 4.78 is 0. The van der Waals surface area contributed by atoms with Crippen LogP contribution in [0.3, 0.4) is 0 Å². The lowest BCUT2D eigenvalue weighted by molar-refractivity contribution is -0.803. The van der Waals surface area contributed by atoms with Crippen molar-refractivity contribution >= 4 is 0 Å². The maximum Gasteiger partial charge on any atom is 0.483 e. The molecule has 2 N–H and O–H groups in total. The molecule has 0 saturated heterocycles. The second kappa shape index (κ2) is 4.99. The summed E-state index contributed by atoms with van der Waals surface area (Å²) in [6.45, 7) is 2.36. The van der Waals surface area contributed by atoms with Gasteiger partial charge in [0.25, 0.3) is 0 Å². The number of aliphatic hydroxyl groups excluding tert-OH is 2. The Kier molecular flexibility index (Phi) is 4.56. The van der Waals surface area contributed by atoms with Gasteiger partial charge in [0.15, 0.2) is 0 Å². The van der Waals surface area contributed by atoms with E-state index in [0.29, 0.717) is 13.3 Å². The lowest BCUT2D eigenvalue weighted by Crippen LogP contribution is -2.57. The molecule has 8 heteroatoms. The fourth-order valence-electron chi connectivity index (χ4n) is 1.10. The maximum absolute atomic E-state index is 10.5. The molecule has 0 amide bonds. The van der Waals surface area contributed by atoms with Crippen molar-refractivity contribution in [2.24, 2.45) is 0 Å².